The SMILES string of the molecule is Cc1cccc(C(=O)COc2ccc(C)nc2[N+](=O)[O-])c1. The first-order chi connectivity index (χ1) is 9.97. The van der Waals surface area contributed by atoms with E-state index in [0.717, 1.165) is 5.56 Å². The van der Waals surface area contributed by atoms with Crippen LogP contribution in [-0.2, 0) is 0 Å². The minimum atomic E-state index is -0.626. The van der Waals surface area contributed by atoms with Gasteiger partial charge in [-0.1, -0.05) is 23.8 Å². The molecule has 0 N–H and O–H groups in total. The summed E-state index contributed by atoms with van der Waals surface area (Å²) in [5.74, 6) is -0.632. The van der Waals surface area contributed by atoms with Gasteiger partial charge in [0.1, 0.15) is 5.69 Å². The third-order valence-corrected chi connectivity index (χ3v) is 2.85. The summed E-state index contributed by atoms with van der Waals surface area (Å²) in [6, 6.07) is 10.1. The molecule has 0 atom stereocenters. The Morgan fingerprint density at radius 3 is 2.71 bits per heavy atom. The van der Waals surface area contributed by atoms with Gasteiger partial charge in [-0.25, -0.2) is 0 Å². The van der Waals surface area contributed by atoms with Gasteiger partial charge in [0.15, 0.2) is 12.4 Å². The van der Waals surface area contributed by atoms with Crippen molar-refractivity contribution in [1.82, 2.24) is 4.98 Å². The van der Waals surface area contributed by atoms with Crippen molar-refractivity contribution < 1.29 is 14.5 Å². The van der Waals surface area contributed by atoms with E-state index in [-0.39, 0.29) is 24.0 Å². The molecule has 0 bridgehead atoms. The zero-order valence-corrected chi connectivity index (χ0v) is 11.7. The number of aromatic nitrogens is 1. The number of nitrogens with zero attached hydrogens (tertiary/aromatic N) is 2. The number of carbonyl (C=O) groups is 1. The van der Waals surface area contributed by atoms with E-state index < -0.39 is 4.92 Å². The maximum absolute atomic E-state index is 12.0. The fourth-order valence-corrected chi connectivity index (χ4v) is 1.82. The molecule has 0 fully saturated rings. The molecule has 0 unspecified atom stereocenters. The Hall–Kier alpha value is -2.76. The molecule has 6 nitrogen and oxygen atoms in total. The Balaban J connectivity index is 2.13. The van der Waals surface area contributed by atoms with Gasteiger partial charge < -0.3 is 14.9 Å². The largest absolute Gasteiger partial charge is 0.477 e. The molecule has 0 saturated heterocycles. The third-order valence-electron chi connectivity index (χ3n) is 2.85. The molecular formula is C15H14N2O4. The number of benzene rings is 1. The van der Waals surface area contributed by atoms with Gasteiger partial charge in [0, 0.05) is 12.5 Å². The highest BCUT2D eigenvalue weighted by Crippen LogP contribution is 2.24. The maximum Gasteiger partial charge on any atom is 0.406 e. The zero-order chi connectivity index (χ0) is 15.4. The smallest absolute Gasteiger partial charge is 0.406 e. The van der Waals surface area contributed by atoms with Crippen LogP contribution >= 0.6 is 0 Å². The molecule has 0 radical (unpaired) electrons. The minimum Gasteiger partial charge on any atom is -0.477 e. The normalized spacial score (nSPS) is 10.2. The summed E-state index contributed by atoms with van der Waals surface area (Å²) in [6.07, 6.45) is 0. The van der Waals surface area contributed by atoms with E-state index in [1.165, 1.54) is 6.07 Å². The molecule has 21 heavy (non-hydrogen) atoms. The Kier molecular flexibility index (Phi) is 4.27. The topological polar surface area (TPSA) is 82.3 Å². The lowest BCUT2D eigenvalue weighted by molar-refractivity contribution is -0.390. The summed E-state index contributed by atoms with van der Waals surface area (Å²) in [5, 5.41) is 10.9. The van der Waals surface area contributed by atoms with E-state index in [4.69, 9.17) is 4.74 Å². The van der Waals surface area contributed by atoms with Crippen molar-refractivity contribution in [1.29, 1.82) is 0 Å². The van der Waals surface area contributed by atoms with Crippen molar-refractivity contribution in [3.05, 3.63) is 63.3 Å². The van der Waals surface area contributed by atoms with Crippen molar-refractivity contribution in [2.24, 2.45) is 0 Å². The molecule has 0 aliphatic carbocycles. The van der Waals surface area contributed by atoms with Gasteiger partial charge >= 0.3 is 5.82 Å². The number of hydrogen-bond acceptors (Lipinski definition) is 5. The molecule has 2 aromatic rings. The average Bonchev–Trinajstić information content (AvgIpc) is 2.45. The first kappa shape index (κ1) is 14.6. The van der Waals surface area contributed by atoms with E-state index in [9.17, 15) is 14.9 Å². The molecule has 0 saturated carbocycles. The van der Waals surface area contributed by atoms with Crippen LogP contribution in [0.3, 0.4) is 0 Å². The quantitative estimate of drug-likeness (QED) is 0.479. The second-order valence-electron chi connectivity index (χ2n) is 4.61. The van der Waals surface area contributed by atoms with Crippen molar-refractivity contribution in [3.8, 4) is 5.75 Å². The first-order valence-electron chi connectivity index (χ1n) is 6.32. The molecule has 1 aromatic carbocycles. The van der Waals surface area contributed by atoms with Gasteiger partial charge in [-0.15, -0.1) is 0 Å². The maximum atomic E-state index is 12.0. The van der Waals surface area contributed by atoms with Crippen LogP contribution in [-0.4, -0.2) is 22.3 Å². The Labute approximate surface area is 121 Å². The van der Waals surface area contributed by atoms with Gasteiger partial charge in [0.25, 0.3) is 0 Å². The molecular weight excluding hydrogens is 272 g/mol. The number of Topliss-reactive ketones (excluding diaryl/α,β-unsaturated/α-hetero) is 1. The second kappa shape index (κ2) is 6.13. The van der Waals surface area contributed by atoms with Crippen molar-refractivity contribution in [2.75, 3.05) is 6.61 Å². The van der Waals surface area contributed by atoms with Crippen LogP contribution in [0.2, 0.25) is 0 Å². The summed E-state index contributed by atoms with van der Waals surface area (Å²) < 4.78 is 5.26. The van der Waals surface area contributed by atoms with Gasteiger partial charge in [-0.05, 0) is 35.0 Å². The highest BCUT2D eigenvalue weighted by Gasteiger charge is 2.18. The monoisotopic (exact) mass is 286 g/mol. The van der Waals surface area contributed by atoms with Gasteiger partial charge in [0.05, 0.1) is 0 Å². The second-order valence-corrected chi connectivity index (χ2v) is 4.61. The predicted octanol–water partition coefficient (Wildman–Crippen LogP) is 2.87. The number of pyridine rings is 1. The molecule has 1 heterocycles. The van der Waals surface area contributed by atoms with E-state index in [1.807, 2.05) is 13.0 Å². The summed E-state index contributed by atoms with van der Waals surface area (Å²) in [5.41, 5.74) is 1.99. The molecule has 108 valence electrons. The number of rotatable bonds is 5. The lowest BCUT2D eigenvalue weighted by atomic mass is 10.1. The predicted molar refractivity (Wildman–Crippen MR) is 76.6 cm³/mol. The molecule has 2 rings (SSSR count). The van der Waals surface area contributed by atoms with Gasteiger partial charge in [-0.2, -0.15) is 0 Å². The van der Waals surface area contributed by atoms with Crippen LogP contribution in [0.5, 0.6) is 5.75 Å². The van der Waals surface area contributed by atoms with Crippen LogP contribution in [0.15, 0.2) is 36.4 Å². The van der Waals surface area contributed by atoms with Crippen LogP contribution < -0.4 is 4.74 Å². The van der Waals surface area contributed by atoms with Crippen molar-refractivity contribution in [3.63, 3.8) is 0 Å². The summed E-state index contributed by atoms with van der Waals surface area (Å²) >= 11 is 0. The zero-order valence-electron chi connectivity index (χ0n) is 11.7. The molecule has 6 heteroatoms. The average molecular weight is 286 g/mol. The fraction of sp³-hybridized carbons (Fsp3) is 0.200. The lowest BCUT2D eigenvalue weighted by Crippen LogP contribution is -2.13. The minimum absolute atomic E-state index is 0.00777. The van der Waals surface area contributed by atoms with E-state index in [0.29, 0.717) is 11.3 Å². The van der Waals surface area contributed by atoms with Crippen LogP contribution in [0.4, 0.5) is 5.82 Å². The summed E-state index contributed by atoms with van der Waals surface area (Å²) in [6.45, 7) is 3.26. The molecule has 0 spiro atoms. The van der Waals surface area contributed by atoms with E-state index in [1.54, 1.807) is 31.2 Å². The van der Waals surface area contributed by atoms with Crippen LogP contribution in [0.1, 0.15) is 21.6 Å². The van der Waals surface area contributed by atoms with Crippen LogP contribution in [0.25, 0.3) is 0 Å². The van der Waals surface area contributed by atoms with Crippen molar-refractivity contribution >= 4 is 11.6 Å². The highest BCUT2D eigenvalue weighted by atomic mass is 16.6. The number of carbonyl (C=O) groups excluding carboxylic acids is 1. The molecule has 0 aliphatic rings. The molecule has 1 aromatic heterocycles. The summed E-state index contributed by atoms with van der Waals surface area (Å²) in [7, 11) is 0. The number of aryl methyl sites for hydroxylation is 2. The third kappa shape index (κ3) is 3.62. The van der Waals surface area contributed by atoms with Crippen molar-refractivity contribution in [2.45, 2.75) is 13.8 Å². The van der Waals surface area contributed by atoms with E-state index >= 15 is 0 Å². The summed E-state index contributed by atoms with van der Waals surface area (Å²) in [4.78, 5) is 26.1. The van der Waals surface area contributed by atoms with Gasteiger partial charge in [0.2, 0.25) is 5.75 Å². The Morgan fingerprint density at radius 1 is 1.29 bits per heavy atom. The number of hydrogen-bond donors (Lipinski definition) is 0. The van der Waals surface area contributed by atoms with Gasteiger partial charge in [-0.3, -0.25) is 4.79 Å². The number of ether oxygens (including phenoxy) is 1. The standard InChI is InChI=1S/C15H14N2O4/c1-10-4-3-5-12(8-10)13(18)9-21-14-7-6-11(2)16-15(14)17(19)20/h3-8H,9H2,1-2H3. The molecule has 0 amide bonds. The number of ketones is 1. The highest BCUT2D eigenvalue weighted by molar-refractivity contribution is 5.97. The first-order valence-corrected chi connectivity index (χ1v) is 6.32. The lowest BCUT2D eigenvalue weighted by Gasteiger charge is -2.06. The number of nitro groups is 1. The fourth-order valence-electron chi connectivity index (χ4n) is 1.82. The van der Waals surface area contributed by atoms with E-state index in [2.05, 4.69) is 4.98 Å². The Morgan fingerprint density at radius 2 is 2.05 bits per heavy atom. The molecule has 0 aliphatic heterocycles. The Bertz CT molecular complexity index is 698. The van der Waals surface area contributed by atoms with Crippen LogP contribution in [0, 0.1) is 24.0 Å².